The van der Waals surface area contributed by atoms with Gasteiger partial charge in [0.25, 0.3) is 5.69 Å². The van der Waals surface area contributed by atoms with Crippen LogP contribution >= 0.6 is 0 Å². The molecule has 0 heterocycles. The predicted molar refractivity (Wildman–Crippen MR) is 69.8 cm³/mol. The van der Waals surface area contributed by atoms with E-state index in [-0.39, 0.29) is 22.4 Å². The Kier molecular flexibility index (Phi) is 3.62. The second-order valence-electron chi connectivity index (χ2n) is 3.94. The van der Waals surface area contributed by atoms with E-state index in [1.807, 2.05) is 6.07 Å². The molecule has 0 saturated carbocycles. The number of nitro benzene ring substituents is 1. The van der Waals surface area contributed by atoms with Crippen molar-refractivity contribution < 1.29 is 14.1 Å². The number of hydrogen-bond donors (Lipinski definition) is 0. The van der Waals surface area contributed by atoms with E-state index in [1.165, 1.54) is 37.4 Å². The quantitative estimate of drug-likeness (QED) is 0.634. The van der Waals surface area contributed by atoms with Gasteiger partial charge >= 0.3 is 0 Å². The molecule has 0 bridgehead atoms. The van der Waals surface area contributed by atoms with Crippen LogP contribution in [0.15, 0.2) is 36.4 Å². The van der Waals surface area contributed by atoms with Crippen LogP contribution in [0, 0.1) is 27.3 Å². The molecule has 0 N–H and O–H groups in total. The average Bonchev–Trinajstić information content (AvgIpc) is 2.47. The van der Waals surface area contributed by atoms with Crippen LogP contribution in [-0.4, -0.2) is 12.0 Å². The van der Waals surface area contributed by atoms with Crippen molar-refractivity contribution in [1.29, 1.82) is 5.26 Å². The van der Waals surface area contributed by atoms with Gasteiger partial charge in [-0.3, -0.25) is 10.1 Å². The second-order valence-corrected chi connectivity index (χ2v) is 3.94. The van der Waals surface area contributed by atoms with Crippen molar-refractivity contribution in [3.05, 3.63) is 57.9 Å². The SMILES string of the molecule is COc1ccc(F)c(-c2ccc([N+](=O)[O-])cc2C#N)c1. The van der Waals surface area contributed by atoms with Crippen LogP contribution in [0.25, 0.3) is 11.1 Å². The van der Waals surface area contributed by atoms with Gasteiger partial charge in [0, 0.05) is 23.3 Å². The third-order valence-corrected chi connectivity index (χ3v) is 2.80. The van der Waals surface area contributed by atoms with Gasteiger partial charge in [-0.15, -0.1) is 0 Å². The number of benzene rings is 2. The second kappa shape index (κ2) is 5.36. The van der Waals surface area contributed by atoms with Crippen molar-refractivity contribution in [3.63, 3.8) is 0 Å². The van der Waals surface area contributed by atoms with E-state index < -0.39 is 10.7 Å². The van der Waals surface area contributed by atoms with E-state index in [0.29, 0.717) is 5.75 Å². The largest absolute Gasteiger partial charge is 0.497 e. The molecule has 0 aliphatic rings. The lowest BCUT2D eigenvalue weighted by Crippen LogP contribution is -1.93. The normalized spacial score (nSPS) is 9.85. The van der Waals surface area contributed by atoms with E-state index in [9.17, 15) is 14.5 Å². The van der Waals surface area contributed by atoms with Crippen molar-refractivity contribution in [2.45, 2.75) is 0 Å². The van der Waals surface area contributed by atoms with Gasteiger partial charge in [0.05, 0.1) is 17.6 Å². The minimum Gasteiger partial charge on any atom is -0.497 e. The van der Waals surface area contributed by atoms with Crippen LogP contribution in [0.5, 0.6) is 5.75 Å². The molecule has 0 spiro atoms. The van der Waals surface area contributed by atoms with Crippen LogP contribution in [0.4, 0.5) is 10.1 Å². The van der Waals surface area contributed by atoms with Gasteiger partial charge in [-0.05, 0) is 24.3 Å². The highest BCUT2D eigenvalue weighted by Gasteiger charge is 2.15. The Labute approximate surface area is 114 Å². The average molecular weight is 272 g/mol. The first-order chi connectivity index (χ1) is 9.56. The fourth-order valence-corrected chi connectivity index (χ4v) is 1.81. The zero-order chi connectivity index (χ0) is 14.7. The molecule has 2 rings (SSSR count). The Morgan fingerprint density at radius 3 is 2.60 bits per heavy atom. The third kappa shape index (κ3) is 2.42. The molecule has 6 heteroatoms. The van der Waals surface area contributed by atoms with Crippen LogP contribution in [0.3, 0.4) is 0 Å². The van der Waals surface area contributed by atoms with Gasteiger partial charge in [-0.1, -0.05) is 0 Å². The summed E-state index contributed by atoms with van der Waals surface area (Å²) in [6, 6.07) is 9.66. The summed E-state index contributed by atoms with van der Waals surface area (Å²) in [5.74, 6) is -0.0974. The van der Waals surface area contributed by atoms with Crippen molar-refractivity contribution in [2.75, 3.05) is 7.11 Å². The van der Waals surface area contributed by atoms with Crippen LogP contribution in [0.1, 0.15) is 5.56 Å². The number of nitrogens with zero attached hydrogens (tertiary/aromatic N) is 2. The van der Waals surface area contributed by atoms with Gasteiger partial charge in [-0.2, -0.15) is 5.26 Å². The molecule has 0 radical (unpaired) electrons. The lowest BCUT2D eigenvalue weighted by atomic mass is 9.99. The Morgan fingerprint density at radius 2 is 2.00 bits per heavy atom. The third-order valence-electron chi connectivity index (χ3n) is 2.80. The minimum absolute atomic E-state index is 0.0337. The molecular weight excluding hydrogens is 263 g/mol. The van der Waals surface area contributed by atoms with Crippen molar-refractivity contribution >= 4 is 5.69 Å². The van der Waals surface area contributed by atoms with E-state index in [4.69, 9.17) is 10.00 Å². The summed E-state index contributed by atoms with van der Waals surface area (Å²) in [5, 5.41) is 19.8. The molecule has 0 saturated heterocycles. The number of methoxy groups -OCH3 is 1. The highest BCUT2D eigenvalue weighted by Crippen LogP contribution is 2.31. The van der Waals surface area contributed by atoms with Crippen LogP contribution in [0.2, 0.25) is 0 Å². The van der Waals surface area contributed by atoms with E-state index in [1.54, 1.807) is 0 Å². The van der Waals surface area contributed by atoms with Gasteiger partial charge < -0.3 is 4.74 Å². The summed E-state index contributed by atoms with van der Waals surface area (Å²) < 4.78 is 18.9. The number of halogens is 1. The summed E-state index contributed by atoms with van der Waals surface area (Å²) in [7, 11) is 1.44. The van der Waals surface area contributed by atoms with Gasteiger partial charge in [0.15, 0.2) is 0 Å². The molecule has 100 valence electrons. The summed E-state index contributed by atoms with van der Waals surface area (Å²) in [4.78, 5) is 10.1. The van der Waals surface area contributed by atoms with E-state index in [2.05, 4.69) is 0 Å². The lowest BCUT2D eigenvalue weighted by molar-refractivity contribution is -0.384. The molecule has 0 amide bonds. The van der Waals surface area contributed by atoms with Crippen molar-refractivity contribution in [3.8, 4) is 22.9 Å². The molecule has 0 aliphatic heterocycles. The molecule has 0 unspecified atom stereocenters. The zero-order valence-corrected chi connectivity index (χ0v) is 10.5. The molecule has 0 atom stereocenters. The molecule has 0 fully saturated rings. The summed E-state index contributed by atoms with van der Waals surface area (Å²) in [5.41, 5.74) is 0.269. The van der Waals surface area contributed by atoms with Crippen molar-refractivity contribution in [2.24, 2.45) is 0 Å². The highest BCUT2D eigenvalue weighted by molar-refractivity contribution is 5.73. The lowest BCUT2D eigenvalue weighted by Gasteiger charge is -2.08. The topological polar surface area (TPSA) is 76.2 Å². The molecule has 2 aromatic rings. The Balaban J connectivity index is 2.64. The Hall–Kier alpha value is -2.94. The number of nitro groups is 1. The fraction of sp³-hybridized carbons (Fsp3) is 0.0714. The number of rotatable bonds is 3. The molecule has 0 aromatic heterocycles. The maximum Gasteiger partial charge on any atom is 0.270 e. The van der Waals surface area contributed by atoms with Crippen LogP contribution < -0.4 is 4.74 Å². The van der Waals surface area contributed by atoms with Gasteiger partial charge in [0.2, 0.25) is 0 Å². The number of ether oxygens (including phenoxy) is 1. The smallest absolute Gasteiger partial charge is 0.270 e. The first-order valence-electron chi connectivity index (χ1n) is 5.59. The molecule has 2 aromatic carbocycles. The van der Waals surface area contributed by atoms with Crippen molar-refractivity contribution in [1.82, 2.24) is 0 Å². The first kappa shape index (κ1) is 13.5. The predicted octanol–water partition coefficient (Wildman–Crippen LogP) is 3.28. The summed E-state index contributed by atoms with van der Waals surface area (Å²) in [6.07, 6.45) is 0. The Bertz CT molecular complexity index is 723. The Morgan fingerprint density at radius 1 is 1.25 bits per heavy atom. The standard InChI is InChI=1S/C14H9FN2O3/c1-20-11-3-5-14(15)13(7-11)12-4-2-10(17(18)19)6-9(12)8-16/h2-7H,1H3. The highest BCUT2D eigenvalue weighted by atomic mass is 19.1. The van der Waals surface area contributed by atoms with E-state index >= 15 is 0 Å². The fourth-order valence-electron chi connectivity index (χ4n) is 1.81. The number of non-ortho nitro benzene ring substituents is 1. The summed E-state index contributed by atoms with van der Waals surface area (Å²) in [6.45, 7) is 0. The first-order valence-corrected chi connectivity index (χ1v) is 5.59. The minimum atomic E-state index is -0.605. The van der Waals surface area contributed by atoms with Gasteiger partial charge in [-0.25, -0.2) is 4.39 Å². The van der Waals surface area contributed by atoms with Crippen LogP contribution in [-0.2, 0) is 0 Å². The number of nitriles is 1. The zero-order valence-electron chi connectivity index (χ0n) is 10.5. The van der Waals surface area contributed by atoms with Gasteiger partial charge in [0.1, 0.15) is 17.6 Å². The monoisotopic (exact) mass is 272 g/mol. The molecule has 5 nitrogen and oxygen atoms in total. The molecule has 0 aliphatic carbocycles. The number of hydrogen-bond acceptors (Lipinski definition) is 4. The maximum atomic E-state index is 13.9. The maximum absolute atomic E-state index is 13.9. The van der Waals surface area contributed by atoms with E-state index in [0.717, 1.165) is 6.07 Å². The summed E-state index contributed by atoms with van der Waals surface area (Å²) >= 11 is 0. The molecular formula is C14H9FN2O3. The molecule has 20 heavy (non-hydrogen) atoms.